The summed E-state index contributed by atoms with van der Waals surface area (Å²) < 4.78 is 5.07. The van der Waals surface area contributed by atoms with Gasteiger partial charge in [0, 0.05) is 0 Å². The Morgan fingerprint density at radius 3 is 2.24 bits per heavy atom. The van der Waals surface area contributed by atoms with Gasteiger partial charge in [0.15, 0.2) is 0 Å². The molecule has 4 aliphatic carbocycles. The highest BCUT2D eigenvalue weighted by Gasteiger charge is 2.54. The number of methoxy groups -OCH3 is 1. The van der Waals surface area contributed by atoms with Crippen LogP contribution < -0.4 is 15.6 Å². The molecule has 25 heavy (non-hydrogen) atoms. The summed E-state index contributed by atoms with van der Waals surface area (Å²) in [6, 6.07) is 4.41. The molecule has 0 unspecified atom stereocenters. The first kappa shape index (κ1) is 16.2. The molecule has 0 spiro atoms. The van der Waals surface area contributed by atoms with Crippen LogP contribution >= 0.6 is 0 Å². The van der Waals surface area contributed by atoms with Gasteiger partial charge < -0.3 is 9.84 Å². The van der Waals surface area contributed by atoms with Crippen LogP contribution in [0.5, 0.6) is 11.5 Å². The molecule has 0 heterocycles. The molecule has 4 fully saturated rings. The summed E-state index contributed by atoms with van der Waals surface area (Å²) in [6.45, 7) is 0. The highest BCUT2D eigenvalue weighted by Crippen LogP contribution is 2.60. The van der Waals surface area contributed by atoms with Gasteiger partial charge in [-0.05, 0) is 74.5 Å². The highest BCUT2D eigenvalue weighted by atomic mass is 16.5. The van der Waals surface area contributed by atoms with Gasteiger partial charge >= 0.3 is 0 Å². The summed E-state index contributed by atoms with van der Waals surface area (Å²) in [5, 5.41) is 9.87. The van der Waals surface area contributed by atoms with E-state index in [1.807, 2.05) is 0 Å². The molecule has 4 bridgehead atoms. The van der Waals surface area contributed by atoms with Crippen LogP contribution in [-0.4, -0.2) is 24.0 Å². The standard InChI is InChI=1S/C19H24N2O4/c1-25-14-2-3-16(22)15(7-14)17(23)20-21-18(24)19-8-11-4-12(9-19)6-13(5-11)10-19/h2-3,7,11-13,22H,4-6,8-10H2,1H3,(H,20,23)(H,21,24). The van der Waals surface area contributed by atoms with Gasteiger partial charge in [-0.15, -0.1) is 0 Å². The molecule has 1 aromatic rings. The van der Waals surface area contributed by atoms with Crippen LogP contribution in [0.1, 0.15) is 48.9 Å². The predicted molar refractivity (Wildman–Crippen MR) is 90.9 cm³/mol. The van der Waals surface area contributed by atoms with Crippen molar-refractivity contribution in [3.05, 3.63) is 23.8 Å². The molecule has 1 aromatic carbocycles. The van der Waals surface area contributed by atoms with E-state index in [2.05, 4.69) is 10.9 Å². The Morgan fingerprint density at radius 2 is 1.68 bits per heavy atom. The van der Waals surface area contributed by atoms with Gasteiger partial charge in [0.25, 0.3) is 5.91 Å². The lowest BCUT2D eigenvalue weighted by Gasteiger charge is -2.55. The predicted octanol–water partition coefficient (Wildman–Crippen LogP) is 2.38. The Labute approximate surface area is 146 Å². The number of rotatable bonds is 3. The van der Waals surface area contributed by atoms with Crippen LogP contribution in [0.3, 0.4) is 0 Å². The molecule has 0 radical (unpaired) electrons. The van der Waals surface area contributed by atoms with E-state index in [1.165, 1.54) is 38.5 Å². The van der Waals surface area contributed by atoms with Crippen molar-refractivity contribution in [3.63, 3.8) is 0 Å². The number of nitrogens with one attached hydrogen (secondary N) is 2. The molecule has 0 atom stereocenters. The molecule has 3 N–H and O–H groups in total. The third-order valence-corrected chi connectivity index (χ3v) is 6.26. The normalized spacial score (nSPS) is 32.3. The maximum absolute atomic E-state index is 12.8. The fourth-order valence-corrected chi connectivity index (χ4v) is 5.53. The SMILES string of the molecule is COc1ccc(O)c(C(=O)NNC(=O)C23CC4CC(CC(C4)C2)C3)c1. The van der Waals surface area contributed by atoms with Crippen molar-refractivity contribution >= 4 is 11.8 Å². The van der Waals surface area contributed by atoms with E-state index in [4.69, 9.17) is 4.74 Å². The van der Waals surface area contributed by atoms with Crippen molar-refractivity contribution < 1.29 is 19.4 Å². The summed E-state index contributed by atoms with van der Waals surface area (Å²) in [6.07, 6.45) is 6.59. The van der Waals surface area contributed by atoms with Crippen molar-refractivity contribution in [3.8, 4) is 11.5 Å². The van der Waals surface area contributed by atoms with Crippen LogP contribution in [0.15, 0.2) is 18.2 Å². The van der Waals surface area contributed by atoms with Crippen LogP contribution in [0.25, 0.3) is 0 Å². The number of amides is 2. The van der Waals surface area contributed by atoms with Crippen LogP contribution in [0.2, 0.25) is 0 Å². The third kappa shape index (κ3) is 2.83. The molecule has 134 valence electrons. The van der Waals surface area contributed by atoms with Crippen molar-refractivity contribution in [2.75, 3.05) is 7.11 Å². The highest BCUT2D eigenvalue weighted by molar-refractivity contribution is 5.98. The van der Waals surface area contributed by atoms with Gasteiger partial charge in [-0.25, -0.2) is 0 Å². The summed E-state index contributed by atoms with van der Waals surface area (Å²) in [7, 11) is 1.49. The average molecular weight is 344 g/mol. The molecule has 6 nitrogen and oxygen atoms in total. The molecule has 6 heteroatoms. The quantitative estimate of drug-likeness (QED) is 0.735. The third-order valence-electron chi connectivity index (χ3n) is 6.26. The lowest BCUT2D eigenvalue weighted by molar-refractivity contribution is -0.147. The maximum atomic E-state index is 12.8. The monoisotopic (exact) mass is 344 g/mol. The summed E-state index contributed by atoms with van der Waals surface area (Å²) in [4.78, 5) is 25.2. The molecule has 4 aliphatic rings. The number of carbonyl (C=O) groups excluding carboxylic acids is 2. The van der Waals surface area contributed by atoms with E-state index in [9.17, 15) is 14.7 Å². The van der Waals surface area contributed by atoms with Gasteiger partial charge in [-0.1, -0.05) is 0 Å². The summed E-state index contributed by atoms with van der Waals surface area (Å²) in [5.74, 6) is 1.68. The van der Waals surface area contributed by atoms with E-state index >= 15 is 0 Å². The topological polar surface area (TPSA) is 87.7 Å². The molecular formula is C19H24N2O4. The number of carbonyl (C=O) groups is 2. The number of hydrazine groups is 1. The number of ether oxygens (including phenoxy) is 1. The second-order valence-corrected chi connectivity index (χ2v) is 7.99. The van der Waals surface area contributed by atoms with Crippen molar-refractivity contribution in [1.82, 2.24) is 10.9 Å². The number of hydrogen-bond acceptors (Lipinski definition) is 4. The second-order valence-electron chi connectivity index (χ2n) is 7.99. The fraction of sp³-hybridized carbons (Fsp3) is 0.579. The Morgan fingerprint density at radius 1 is 1.08 bits per heavy atom. The van der Waals surface area contributed by atoms with Gasteiger partial charge in [0.1, 0.15) is 11.5 Å². The van der Waals surface area contributed by atoms with Crippen molar-refractivity contribution in [2.45, 2.75) is 38.5 Å². The fourth-order valence-electron chi connectivity index (χ4n) is 5.53. The van der Waals surface area contributed by atoms with Gasteiger partial charge in [0.05, 0.1) is 18.1 Å². The van der Waals surface area contributed by atoms with Crippen LogP contribution in [-0.2, 0) is 4.79 Å². The van der Waals surface area contributed by atoms with E-state index in [1.54, 1.807) is 6.07 Å². The number of hydrogen-bond donors (Lipinski definition) is 3. The van der Waals surface area contributed by atoms with Gasteiger partial charge in [0.2, 0.25) is 5.91 Å². The zero-order valence-electron chi connectivity index (χ0n) is 14.4. The van der Waals surface area contributed by atoms with E-state index in [-0.39, 0.29) is 22.6 Å². The van der Waals surface area contributed by atoms with Gasteiger partial charge in [-0.2, -0.15) is 0 Å². The minimum atomic E-state index is -0.547. The minimum absolute atomic E-state index is 0.0742. The Hall–Kier alpha value is -2.24. The summed E-state index contributed by atoms with van der Waals surface area (Å²) in [5.41, 5.74) is 4.83. The van der Waals surface area contributed by atoms with E-state index in [0.29, 0.717) is 23.5 Å². The first-order valence-electron chi connectivity index (χ1n) is 8.97. The number of phenols is 1. The molecule has 0 aromatic heterocycles. The van der Waals surface area contributed by atoms with E-state index in [0.717, 1.165) is 19.3 Å². The second kappa shape index (κ2) is 5.93. The van der Waals surface area contributed by atoms with Crippen molar-refractivity contribution in [1.29, 1.82) is 0 Å². The van der Waals surface area contributed by atoms with Crippen LogP contribution in [0.4, 0.5) is 0 Å². The number of phenolic OH excluding ortho intramolecular Hbond substituents is 1. The average Bonchev–Trinajstić information content (AvgIpc) is 2.58. The van der Waals surface area contributed by atoms with Gasteiger partial charge in [-0.3, -0.25) is 20.4 Å². The Bertz CT molecular complexity index is 680. The molecular weight excluding hydrogens is 320 g/mol. The van der Waals surface area contributed by atoms with Crippen LogP contribution in [0, 0.1) is 23.2 Å². The minimum Gasteiger partial charge on any atom is -0.507 e. The molecule has 4 saturated carbocycles. The first-order chi connectivity index (χ1) is 12.0. The molecule has 0 saturated heterocycles. The molecule has 5 rings (SSSR count). The zero-order valence-corrected chi connectivity index (χ0v) is 14.4. The molecule has 2 amide bonds. The first-order valence-corrected chi connectivity index (χ1v) is 8.97. The smallest absolute Gasteiger partial charge is 0.273 e. The maximum Gasteiger partial charge on any atom is 0.273 e. The van der Waals surface area contributed by atoms with Crippen molar-refractivity contribution in [2.24, 2.45) is 23.2 Å². The number of aromatic hydroxyl groups is 1. The zero-order chi connectivity index (χ0) is 17.6. The largest absolute Gasteiger partial charge is 0.507 e. The number of benzene rings is 1. The lowest BCUT2D eigenvalue weighted by atomic mass is 9.49. The molecule has 0 aliphatic heterocycles. The summed E-state index contributed by atoms with van der Waals surface area (Å²) >= 11 is 0. The van der Waals surface area contributed by atoms with E-state index < -0.39 is 5.91 Å². The lowest BCUT2D eigenvalue weighted by Crippen LogP contribution is -2.56. The Kier molecular flexibility index (Phi) is 3.85. The Balaban J connectivity index is 1.43.